The number of para-hydroxylation sites is 1. The van der Waals surface area contributed by atoms with Gasteiger partial charge in [0.15, 0.2) is 0 Å². The Morgan fingerprint density at radius 2 is 1.88 bits per heavy atom. The van der Waals surface area contributed by atoms with Crippen LogP contribution in [-0.4, -0.2) is 23.3 Å². The van der Waals surface area contributed by atoms with E-state index in [9.17, 15) is 14.0 Å². The number of fused-ring (bicyclic) bond motifs is 1. The van der Waals surface area contributed by atoms with E-state index in [0.717, 1.165) is 5.39 Å². The van der Waals surface area contributed by atoms with Crippen molar-refractivity contribution < 1.29 is 14.0 Å². The molecule has 2 aromatic carbocycles. The molecular weight excluding hydrogens is 321 g/mol. The fourth-order valence-electron chi connectivity index (χ4n) is 2.57. The summed E-state index contributed by atoms with van der Waals surface area (Å²) in [5, 5.41) is 3.66. The van der Waals surface area contributed by atoms with Gasteiger partial charge in [0, 0.05) is 24.2 Å². The van der Waals surface area contributed by atoms with Crippen LogP contribution in [-0.2, 0) is 9.59 Å². The number of benzene rings is 2. The second kappa shape index (κ2) is 7.09. The Hall–Kier alpha value is -3.28. The molecule has 0 atom stereocenters. The minimum absolute atomic E-state index is 0.220. The van der Waals surface area contributed by atoms with E-state index in [1.807, 2.05) is 24.3 Å². The van der Waals surface area contributed by atoms with Gasteiger partial charge < -0.3 is 10.2 Å². The Balaban J connectivity index is 1.81. The van der Waals surface area contributed by atoms with Crippen LogP contribution in [0.1, 0.15) is 6.92 Å². The second-order valence-corrected chi connectivity index (χ2v) is 5.51. The lowest BCUT2D eigenvalue weighted by Gasteiger charge is -2.21. The number of carbonyl (C=O) groups excluding carboxylic acids is 2. The van der Waals surface area contributed by atoms with Crippen molar-refractivity contribution in [2.75, 3.05) is 16.8 Å². The van der Waals surface area contributed by atoms with Gasteiger partial charge in [0.25, 0.3) is 0 Å². The van der Waals surface area contributed by atoms with E-state index in [2.05, 4.69) is 10.3 Å². The summed E-state index contributed by atoms with van der Waals surface area (Å²) in [5.41, 5.74) is 1.56. The van der Waals surface area contributed by atoms with Crippen LogP contribution >= 0.6 is 0 Å². The Kier molecular flexibility index (Phi) is 4.70. The van der Waals surface area contributed by atoms with Crippen molar-refractivity contribution in [3.05, 3.63) is 66.6 Å². The molecule has 0 radical (unpaired) electrons. The molecule has 1 N–H and O–H groups in total. The van der Waals surface area contributed by atoms with Crippen LogP contribution < -0.4 is 10.2 Å². The number of nitrogens with zero attached hydrogens (tertiary/aromatic N) is 2. The van der Waals surface area contributed by atoms with Crippen LogP contribution in [0.2, 0.25) is 0 Å². The van der Waals surface area contributed by atoms with Gasteiger partial charge >= 0.3 is 0 Å². The molecule has 0 saturated heterocycles. The van der Waals surface area contributed by atoms with Crippen LogP contribution in [0.3, 0.4) is 0 Å². The van der Waals surface area contributed by atoms with Crippen LogP contribution in [0.15, 0.2) is 60.8 Å². The molecule has 0 fully saturated rings. The average Bonchev–Trinajstić information content (AvgIpc) is 2.60. The van der Waals surface area contributed by atoms with E-state index in [0.29, 0.717) is 16.9 Å². The third-order valence-electron chi connectivity index (χ3n) is 3.71. The van der Waals surface area contributed by atoms with E-state index in [1.54, 1.807) is 18.3 Å². The lowest BCUT2D eigenvalue weighted by Crippen LogP contribution is -2.36. The minimum atomic E-state index is -0.470. The molecule has 0 unspecified atom stereocenters. The molecule has 0 aliphatic carbocycles. The fourth-order valence-corrected chi connectivity index (χ4v) is 2.57. The standard InChI is InChI=1S/C19H16FN3O2/c1-13(24)23(16-8-3-7-15(20)11-16)12-18(25)22-17-9-2-5-14-6-4-10-21-19(14)17/h2-11H,12H2,1H3,(H,22,25). The topological polar surface area (TPSA) is 62.3 Å². The quantitative estimate of drug-likeness (QED) is 0.794. The fraction of sp³-hybridized carbons (Fsp3) is 0.105. The first-order valence-electron chi connectivity index (χ1n) is 7.72. The van der Waals surface area contributed by atoms with E-state index in [4.69, 9.17) is 0 Å². The van der Waals surface area contributed by atoms with Crippen molar-refractivity contribution in [3.63, 3.8) is 0 Å². The molecule has 0 aliphatic rings. The number of amides is 2. The largest absolute Gasteiger partial charge is 0.323 e. The first-order valence-corrected chi connectivity index (χ1v) is 7.72. The molecule has 126 valence electrons. The summed E-state index contributed by atoms with van der Waals surface area (Å²) in [6, 6.07) is 14.7. The van der Waals surface area contributed by atoms with E-state index in [1.165, 1.54) is 30.0 Å². The highest BCUT2D eigenvalue weighted by molar-refractivity contribution is 6.05. The van der Waals surface area contributed by atoms with Crippen LogP contribution in [0.5, 0.6) is 0 Å². The van der Waals surface area contributed by atoms with Gasteiger partial charge in [-0.15, -0.1) is 0 Å². The molecule has 0 bridgehead atoms. The maximum absolute atomic E-state index is 13.4. The molecule has 25 heavy (non-hydrogen) atoms. The summed E-state index contributed by atoms with van der Waals surface area (Å²) in [6.45, 7) is 1.11. The zero-order chi connectivity index (χ0) is 17.8. The summed E-state index contributed by atoms with van der Waals surface area (Å²) in [6.07, 6.45) is 1.65. The smallest absolute Gasteiger partial charge is 0.244 e. The number of carbonyl (C=O) groups is 2. The number of rotatable bonds is 4. The third-order valence-corrected chi connectivity index (χ3v) is 3.71. The highest BCUT2D eigenvalue weighted by atomic mass is 19.1. The summed E-state index contributed by atoms with van der Waals surface area (Å²) in [7, 11) is 0. The first-order chi connectivity index (χ1) is 12.0. The highest BCUT2D eigenvalue weighted by Gasteiger charge is 2.17. The first kappa shape index (κ1) is 16.6. The number of pyridine rings is 1. The van der Waals surface area contributed by atoms with Gasteiger partial charge in [0.1, 0.15) is 12.4 Å². The van der Waals surface area contributed by atoms with Gasteiger partial charge in [-0.3, -0.25) is 14.6 Å². The SMILES string of the molecule is CC(=O)N(CC(=O)Nc1cccc2cccnc12)c1cccc(F)c1. The zero-order valence-electron chi connectivity index (χ0n) is 13.6. The number of hydrogen-bond donors (Lipinski definition) is 1. The van der Waals surface area contributed by atoms with Crippen molar-refractivity contribution in [3.8, 4) is 0 Å². The Bertz CT molecular complexity index is 937. The molecule has 1 heterocycles. The van der Waals surface area contributed by atoms with Gasteiger partial charge in [0.05, 0.1) is 11.2 Å². The predicted octanol–water partition coefficient (Wildman–Crippen LogP) is 3.37. The number of nitrogens with one attached hydrogen (secondary N) is 1. The maximum Gasteiger partial charge on any atom is 0.244 e. The summed E-state index contributed by atoms with van der Waals surface area (Å²) < 4.78 is 13.4. The Morgan fingerprint density at radius 3 is 2.64 bits per heavy atom. The second-order valence-electron chi connectivity index (χ2n) is 5.51. The van der Waals surface area contributed by atoms with Crippen LogP contribution in [0.25, 0.3) is 10.9 Å². The lowest BCUT2D eigenvalue weighted by atomic mass is 10.2. The van der Waals surface area contributed by atoms with Gasteiger partial charge in [-0.1, -0.05) is 24.3 Å². The van der Waals surface area contributed by atoms with Gasteiger partial charge in [0.2, 0.25) is 11.8 Å². The lowest BCUT2D eigenvalue weighted by molar-refractivity contribution is -0.120. The molecule has 0 saturated carbocycles. The van der Waals surface area contributed by atoms with Gasteiger partial charge in [-0.05, 0) is 30.3 Å². The molecule has 5 nitrogen and oxygen atoms in total. The highest BCUT2D eigenvalue weighted by Crippen LogP contribution is 2.21. The van der Waals surface area contributed by atoms with Crippen LogP contribution in [0, 0.1) is 5.82 Å². The maximum atomic E-state index is 13.4. The van der Waals surface area contributed by atoms with Crippen molar-refractivity contribution in [1.82, 2.24) is 4.98 Å². The molecule has 0 spiro atoms. The van der Waals surface area contributed by atoms with Crippen molar-refractivity contribution in [2.45, 2.75) is 6.92 Å². The third kappa shape index (κ3) is 3.80. The van der Waals surface area contributed by atoms with Crippen LogP contribution in [0.4, 0.5) is 15.8 Å². The molecule has 3 aromatic rings. The summed E-state index contributed by atoms with van der Waals surface area (Å²) >= 11 is 0. The molecular formula is C19H16FN3O2. The summed E-state index contributed by atoms with van der Waals surface area (Å²) in [5.74, 6) is -1.21. The number of hydrogen-bond acceptors (Lipinski definition) is 3. The van der Waals surface area contributed by atoms with E-state index < -0.39 is 11.7 Å². The molecule has 0 aliphatic heterocycles. The number of halogens is 1. The molecule has 1 aromatic heterocycles. The van der Waals surface area contributed by atoms with Crippen molar-refractivity contribution >= 4 is 34.1 Å². The van der Waals surface area contributed by atoms with Gasteiger partial charge in [-0.2, -0.15) is 0 Å². The Labute approximate surface area is 144 Å². The Morgan fingerprint density at radius 1 is 1.12 bits per heavy atom. The molecule has 6 heteroatoms. The predicted molar refractivity (Wildman–Crippen MR) is 94.8 cm³/mol. The zero-order valence-corrected chi connectivity index (χ0v) is 13.6. The van der Waals surface area contributed by atoms with E-state index in [-0.39, 0.29) is 12.5 Å². The van der Waals surface area contributed by atoms with Crippen molar-refractivity contribution in [1.29, 1.82) is 0 Å². The summed E-state index contributed by atoms with van der Waals surface area (Å²) in [4.78, 5) is 29.8. The number of aromatic nitrogens is 1. The average molecular weight is 337 g/mol. The normalized spacial score (nSPS) is 10.5. The van der Waals surface area contributed by atoms with E-state index >= 15 is 0 Å². The monoisotopic (exact) mass is 337 g/mol. The molecule has 2 amide bonds. The molecule has 3 rings (SSSR count). The number of anilines is 2. The minimum Gasteiger partial charge on any atom is -0.323 e. The van der Waals surface area contributed by atoms with Gasteiger partial charge in [-0.25, -0.2) is 4.39 Å². The van der Waals surface area contributed by atoms with Crippen molar-refractivity contribution in [2.24, 2.45) is 0 Å².